The molecule has 1 aromatic carbocycles. The monoisotopic (exact) mass is 358 g/mol. The summed E-state index contributed by atoms with van der Waals surface area (Å²) in [4.78, 5) is 16.1. The number of halogens is 1. The van der Waals surface area contributed by atoms with Crippen molar-refractivity contribution in [2.24, 2.45) is 0 Å². The van der Waals surface area contributed by atoms with Gasteiger partial charge < -0.3 is 4.74 Å². The molecule has 0 fully saturated rings. The number of ether oxygens (including phenoxy) is 1. The smallest absolute Gasteiger partial charge is 0.325 e. The summed E-state index contributed by atoms with van der Waals surface area (Å²) in [6.07, 6.45) is 1.61. The molecule has 3 rings (SSSR count). The van der Waals surface area contributed by atoms with Gasteiger partial charge in [0.15, 0.2) is 5.01 Å². The molecule has 0 unspecified atom stereocenters. The zero-order valence-corrected chi connectivity index (χ0v) is 14.1. The van der Waals surface area contributed by atoms with E-state index in [-0.39, 0.29) is 11.4 Å². The first-order valence-electron chi connectivity index (χ1n) is 6.87. The Hall–Kier alpha value is -2.69. The van der Waals surface area contributed by atoms with Crippen LogP contribution < -0.4 is 9.61 Å². The minimum absolute atomic E-state index is 0.195. The second kappa shape index (κ2) is 6.83. The van der Waals surface area contributed by atoms with Crippen LogP contribution in [0.25, 0.3) is 10.6 Å². The van der Waals surface area contributed by atoms with Gasteiger partial charge in [0.25, 0.3) is 0 Å². The highest BCUT2D eigenvalue weighted by Gasteiger charge is 2.10. The van der Waals surface area contributed by atoms with Crippen molar-refractivity contribution in [3.05, 3.63) is 62.3 Å². The van der Waals surface area contributed by atoms with Crippen LogP contribution in [0, 0.1) is 11.3 Å². The summed E-state index contributed by atoms with van der Waals surface area (Å²) in [6.45, 7) is 0.244. The first kappa shape index (κ1) is 16.2. The van der Waals surface area contributed by atoms with Crippen molar-refractivity contribution in [3.63, 3.8) is 0 Å². The van der Waals surface area contributed by atoms with Crippen molar-refractivity contribution in [2.75, 3.05) is 7.11 Å². The molecular formula is C16H11ClN4O2S. The Morgan fingerprint density at radius 3 is 2.88 bits per heavy atom. The van der Waals surface area contributed by atoms with Crippen LogP contribution >= 0.6 is 22.9 Å². The largest absolute Gasteiger partial charge is 0.481 e. The highest BCUT2D eigenvalue weighted by atomic mass is 35.5. The van der Waals surface area contributed by atoms with Gasteiger partial charge in [0.1, 0.15) is 0 Å². The minimum atomic E-state index is -0.195. The Morgan fingerprint density at radius 1 is 1.38 bits per heavy atom. The van der Waals surface area contributed by atoms with Gasteiger partial charge in [-0.3, -0.25) is 4.79 Å². The van der Waals surface area contributed by atoms with Crippen LogP contribution in [0.4, 0.5) is 0 Å². The molecule has 0 bridgehead atoms. The van der Waals surface area contributed by atoms with Gasteiger partial charge in [-0.15, -0.1) is 0 Å². The predicted molar refractivity (Wildman–Crippen MR) is 91.4 cm³/mol. The molecule has 0 aliphatic carbocycles. The Kier molecular flexibility index (Phi) is 4.60. The molecule has 0 N–H and O–H groups in total. The number of methoxy groups -OCH3 is 1. The Bertz CT molecular complexity index is 973. The van der Waals surface area contributed by atoms with Gasteiger partial charge in [0.05, 0.1) is 25.3 Å². The topological polar surface area (TPSA) is 80.8 Å². The van der Waals surface area contributed by atoms with Crippen LogP contribution in [-0.2, 0) is 6.54 Å². The Morgan fingerprint density at radius 2 is 2.21 bits per heavy atom. The number of nitriles is 1. The summed E-state index contributed by atoms with van der Waals surface area (Å²) in [5.74, 6) is 0.494. The van der Waals surface area contributed by atoms with E-state index in [1.165, 1.54) is 11.8 Å². The van der Waals surface area contributed by atoms with Crippen molar-refractivity contribution < 1.29 is 4.74 Å². The molecule has 2 aromatic heterocycles. The molecule has 0 aliphatic rings. The summed E-state index contributed by atoms with van der Waals surface area (Å²) in [5, 5.41) is 14.3. The van der Waals surface area contributed by atoms with E-state index in [0.717, 1.165) is 22.5 Å². The molecule has 0 atom stereocenters. The normalized spacial score (nSPS) is 10.4. The van der Waals surface area contributed by atoms with E-state index in [4.69, 9.17) is 21.6 Å². The summed E-state index contributed by atoms with van der Waals surface area (Å²) < 4.78 is 6.36. The first-order valence-corrected chi connectivity index (χ1v) is 8.06. The fraction of sp³-hybridized carbons (Fsp3) is 0.125. The lowest BCUT2D eigenvalue weighted by Crippen LogP contribution is -2.15. The van der Waals surface area contributed by atoms with Crippen molar-refractivity contribution in [2.45, 2.75) is 6.54 Å². The molecule has 0 aliphatic heterocycles. The van der Waals surface area contributed by atoms with Crippen molar-refractivity contribution in [1.29, 1.82) is 5.26 Å². The molecule has 0 radical (unpaired) electrons. The zero-order valence-electron chi connectivity index (χ0n) is 12.6. The zero-order chi connectivity index (χ0) is 17.1. The molecule has 0 spiro atoms. The van der Waals surface area contributed by atoms with Gasteiger partial charge in [0, 0.05) is 22.8 Å². The fourth-order valence-corrected chi connectivity index (χ4v) is 3.14. The van der Waals surface area contributed by atoms with E-state index >= 15 is 0 Å². The van der Waals surface area contributed by atoms with Crippen molar-refractivity contribution in [1.82, 2.24) is 14.8 Å². The van der Waals surface area contributed by atoms with Crippen LogP contribution in [0.15, 0.2) is 41.3 Å². The van der Waals surface area contributed by atoms with E-state index in [1.807, 2.05) is 6.07 Å². The maximum Gasteiger partial charge on any atom is 0.325 e. The fourth-order valence-electron chi connectivity index (χ4n) is 2.13. The van der Waals surface area contributed by atoms with Crippen LogP contribution in [0.5, 0.6) is 5.88 Å². The number of benzene rings is 1. The number of rotatable bonds is 4. The molecule has 3 aromatic rings. The quantitative estimate of drug-likeness (QED) is 0.716. The van der Waals surface area contributed by atoms with E-state index in [0.29, 0.717) is 21.5 Å². The van der Waals surface area contributed by atoms with Gasteiger partial charge in [-0.1, -0.05) is 22.9 Å². The summed E-state index contributed by atoms with van der Waals surface area (Å²) in [6, 6.07) is 10.5. The minimum Gasteiger partial charge on any atom is -0.481 e. The standard InChI is InChI=1S/C16H11ClN4O2S/c1-23-14-3-2-12(8-19-14)15-20-21(16(22)24-15)9-11-4-10(7-18)5-13(17)6-11/h2-6,8H,9H2,1H3. The summed E-state index contributed by atoms with van der Waals surface area (Å²) >= 11 is 7.02. The SMILES string of the molecule is COc1ccc(-c2nn(Cc3cc(Cl)cc(C#N)c3)c(=O)s2)cn1. The van der Waals surface area contributed by atoms with Gasteiger partial charge in [-0.2, -0.15) is 10.4 Å². The predicted octanol–water partition coefficient (Wildman–Crippen LogP) is 2.95. The second-order valence-electron chi connectivity index (χ2n) is 4.88. The number of aromatic nitrogens is 3. The maximum atomic E-state index is 12.2. The Balaban J connectivity index is 1.90. The van der Waals surface area contributed by atoms with Gasteiger partial charge in [0.2, 0.25) is 5.88 Å². The molecule has 24 heavy (non-hydrogen) atoms. The Labute approximate surface area is 146 Å². The number of hydrogen-bond acceptors (Lipinski definition) is 6. The van der Waals surface area contributed by atoms with E-state index in [2.05, 4.69) is 10.1 Å². The average Bonchev–Trinajstić information content (AvgIpc) is 2.95. The first-order chi connectivity index (χ1) is 11.6. The third-order valence-electron chi connectivity index (χ3n) is 3.22. The number of hydrogen-bond donors (Lipinski definition) is 0. The summed E-state index contributed by atoms with van der Waals surface area (Å²) in [7, 11) is 1.54. The molecule has 8 heteroatoms. The summed E-state index contributed by atoms with van der Waals surface area (Å²) in [5.41, 5.74) is 1.92. The van der Waals surface area contributed by atoms with Crippen LogP contribution in [0.2, 0.25) is 5.02 Å². The van der Waals surface area contributed by atoms with Gasteiger partial charge >= 0.3 is 4.87 Å². The van der Waals surface area contributed by atoms with E-state index in [9.17, 15) is 4.79 Å². The average molecular weight is 359 g/mol. The molecule has 0 amide bonds. The number of nitrogens with zero attached hydrogens (tertiary/aromatic N) is 4. The third kappa shape index (κ3) is 3.45. The lowest BCUT2D eigenvalue weighted by molar-refractivity contribution is 0.398. The maximum absolute atomic E-state index is 12.2. The van der Waals surface area contributed by atoms with Crippen LogP contribution in [0.3, 0.4) is 0 Å². The van der Waals surface area contributed by atoms with Crippen molar-refractivity contribution >= 4 is 22.9 Å². The highest BCUT2D eigenvalue weighted by Crippen LogP contribution is 2.21. The lowest BCUT2D eigenvalue weighted by Gasteiger charge is -2.03. The number of pyridine rings is 1. The second-order valence-corrected chi connectivity index (χ2v) is 6.26. The van der Waals surface area contributed by atoms with Gasteiger partial charge in [-0.05, 0) is 29.8 Å². The van der Waals surface area contributed by atoms with Crippen LogP contribution in [0.1, 0.15) is 11.1 Å². The van der Waals surface area contributed by atoms with Crippen LogP contribution in [-0.4, -0.2) is 21.9 Å². The van der Waals surface area contributed by atoms with E-state index in [1.54, 1.807) is 36.5 Å². The molecule has 120 valence electrons. The molecule has 0 saturated carbocycles. The lowest BCUT2D eigenvalue weighted by atomic mass is 10.1. The van der Waals surface area contributed by atoms with E-state index < -0.39 is 0 Å². The molecule has 2 heterocycles. The molecule has 6 nitrogen and oxygen atoms in total. The van der Waals surface area contributed by atoms with Crippen molar-refractivity contribution in [3.8, 4) is 22.5 Å². The highest BCUT2D eigenvalue weighted by molar-refractivity contribution is 7.12. The third-order valence-corrected chi connectivity index (χ3v) is 4.33. The molecular weight excluding hydrogens is 348 g/mol. The molecule has 0 saturated heterocycles. The van der Waals surface area contributed by atoms with Gasteiger partial charge in [-0.25, -0.2) is 9.67 Å².